The summed E-state index contributed by atoms with van der Waals surface area (Å²) >= 11 is 0. The van der Waals surface area contributed by atoms with Crippen LogP contribution in [0.4, 0.5) is 0 Å². The number of rotatable bonds is 2. The lowest BCUT2D eigenvalue weighted by Gasteiger charge is -2.32. The quantitative estimate of drug-likeness (QED) is 0.673. The molecule has 0 bridgehead atoms. The van der Waals surface area contributed by atoms with Gasteiger partial charge in [-0.2, -0.15) is 0 Å². The second kappa shape index (κ2) is 5.83. The van der Waals surface area contributed by atoms with Crippen molar-refractivity contribution in [3.05, 3.63) is 0 Å². The predicted molar refractivity (Wildman–Crippen MR) is 62.9 cm³/mol. The Morgan fingerprint density at radius 3 is 2.67 bits per heavy atom. The Bertz CT molecular complexity index is 168. The summed E-state index contributed by atoms with van der Waals surface area (Å²) in [5.74, 6) is 0.972. The molecule has 0 unspecified atom stereocenters. The van der Waals surface area contributed by atoms with Crippen LogP contribution in [0.3, 0.4) is 0 Å². The van der Waals surface area contributed by atoms with Crippen molar-refractivity contribution in [2.24, 2.45) is 5.92 Å². The highest BCUT2D eigenvalue weighted by molar-refractivity contribution is 4.73. The fourth-order valence-corrected chi connectivity index (χ4v) is 2.78. The highest BCUT2D eigenvalue weighted by Crippen LogP contribution is 2.17. The van der Waals surface area contributed by atoms with Crippen LogP contribution < -0.4 is 5.32 Å². The molecule has 2 saturated heterocycles. The molecule has 2 aliphatic rings. The highest BCUT2D eigenvalue weighted by atomic mass is 15.2. The molecule has 3 heteroatoms. The van der Waals surface area contributed by atoms with Gasteiger partial charge in [0.2, 0.25) is 0 Å². The van der Waals surface area contributed by atoms with E-state index in [1.165, 1.54) is 65.1 Å². The van der Waals surface area contributed by atoms with Crippen LogP contribution >= 0.6 is 0 Å². The van der Waals surface area contributed by atoms with Crippen LogP contribution in [0.1, 0.15) is 19.3 Å². The number of quaternary nitrogens is 1. The summed E-state index contributed by atoms with van der Waals surface area (Å²) in [6.45, 7) is 9.28. The molecule has 0 saturated carbocycles. The van der Waals surface area contributed by atoms with E-state index in [9.17, 15) is 0 Å². The van der Waals surface area contributed by atoms with Crippen molar-refractivity contribution in [3.63, 3.8) is 0 Å². The first kappa shape index (κ1) is 11.4. The smallest absolute Gasteiger partial charge is 0.0884 e. The molecule has 3 nitrogen and oxygen atoms in total. The topological polar surface area (TPSA) is 23.1 Å². The van der Waals surface area contributed by atoms with Crippen LogP contribution in [-0.2, 0) is 0 Å². The predicted octanol–water partition coefficient (Wildman–Crippen LogP) is -0.403. The van der Waals surface area contributed by atoms with E-state index >= 15 is 0 Å². The number of hydrogen-bond acceptors (Lipinski definition) is 2. The molecule has 0 aromatic heterocycles. The molecule has 2 fully saturated rings. The average Bonchev–Trinajstić information content (AvgIpc) is 2.50. The van der Waals surface area contributed by atoms with Gasteiger partial charge in [0.25, 0.3) is 0 Å². The van der Waals surface area contributed by atoms with Gasteiger partial charge in [-0.25, -0.2) is 0 Å². The average molecular weight is 212 g/mol. The van der Waals surface area contributed by atoms with E-state index in [2.05, 4.69) is 22.2 Å². The molecule has 88 valence electrons. The Kier molecular flexibility index (Phi) is 4.42. The van der Waals surface area contributed by atoms with Gasteiger partial charge >= 0.3 is 0 Å². The molecule has 0 aromatic carbocycles. The van der Waals surface area contributed by atoms with Gasteiger partial charge in [-0.15, -0.1) is 0 Å². The number of nitrogens with zero attached hydrogens (tertiary/aromatic N) is 2. The minimum Gasteiger partial charge on any atom is -0.345 e. The second-order valence-corrected chi connectivity index (χ2v) is 5.27. The van der Waals surface area contributed by atoms with Gasteiger partial charge in [-0.05, 0) is 38.9 Å². The Morgan fingerprint density at radius 1 is 1.07 bits per heavy atom. The van der Waals surface area contributed by atoms with Crippen LogP contribution in [0, 0.1) is 5.92 Å². The van der Waals surface area contributed by atoms with Crippen molar-refractivity contribution >= 4 is 0 Å². The zero-order chi connectivity index (χ0) is 10.5. The number of nitrogens with two attached hydrogens (primary N) is 1. The molecule has 2 rings (SSSR count). The summed E-state index contributed by atoms with van der Waals surface area (Å²) in [5.41, 5.74) is 0. The number of likely N-dealkylation sites (tertiary alicyclic amines) is 1. The molecule has 15 heavy (non-hydrogen) atoms. The molecule has 0 spiro atoms. The highest BCUT2D eigenvalue weighted by Gasteiger charge is 2.20. The van der Waals surface area contributed by atoms with Crippen LogP contribution in [0.15, 0.2) is 0 Å². The SMILES string of the molecule is CN1CCC(CN2CCC[NH2+]CC2)CC1. The molecular formula is C12H26N3+. The van der Waals surface area contributed by atoms with Crippen LogP contribution in [0.2, 0.25) is 0 Å². The third-order valence-corrected chi connectivity index (χ3v) is 3.89. The normalized spacial score (nSPS) is 27.8. The van der Waals surface area contributed by atoms with Crippen LogP contribution in [0.25, 0.3) is 0 Å². The van der Waals surface area contributed by atoms with E-state index in [1.54, 1.807) is 0 Å². The number of hydrogen-bond donors (Lipinski definition) is 1. The van der Waals surface area contributed by atoms with Crippen molar-refractivity contribution in [1.29, 1.82) is 0 Å². The van der Waals surface area contributed by atoms with Gasteiger partial charge in [-0.1, -0.05) is 0 Å². The molecular weight excluding hydrogens is 186 g/mol. The van der Waals surface area contributed by atoms with Gasteiger partial charge < -0.3 is 10.2 Å². The largest absolute Gasteiger partial charge is 0.345 e. The summed E-state index contributed by atoms with van der Waals surface area (Å²) in [6.07, 6.45) is 4.21. The van der Waals surface area contributed by atoms with Gasteiger partial charge in [-0.3, -0.25) is 4.90 Å². The van der Waals surface area contributed by atoms with E-state index in [4.69, 9.17) is 0 Å². The monoisotopic (exact) mass is 212 g/mol. The maximum absolute atomic E-state index is 2.69. The Hall–Kier alpha value is -0.120. The first-order chi connectivity index (χ1) is 7.34. The van der Waals surface area contributed by atoms with Gasteiger partial charge in [0.1, 0.15) is 0 Å². The Labute approximate surface area is 93.8 Å². The molecule has 0 atom stereocenters. The fraction of sp³-hybridized carbons (Fsp3) is 1.00. The minimum atomic E-state index is 0.972. The lowest BCUT2D eigenvalue weighted by molar-refractivity contribution is -0.651. The maximum Gasteiger partial charge on any atom is 0.0884 e. The molecule has 0 aromatic rings. The summed E-state index contributed by atoms with van der Waals surface area (Å²) in [6, 6.07) is 0. The fourth-order valence-electron chi connectivity index (χ4n) is 2.78. The van der Waals surface area contributed by atoms with E-state index < -0.39 is 0 Å². The van der Waals surface area contributed by atoms with E-state index in [0.717, 1.165) is 5.92 Å². The van der Waals surface area contributed by atoms with Crippen LogP contribution in [-0.4, -0.2) is 62.7 Å². The molecule has 0 amide bonds. The maximum atomic E-state index is 2.69. The summed E-state index contributed by atoms with van der Waals surface area (Å²) in [5, 5.41) is 2.47. The summed E-state index contributed by atoms with van der Waals surface area (Å²) in [7, 11) is 2.25. The van der Waals surface area contributed by atoms with Crippen molar-refractivity contribution in [2.75, 3.05) is 52.9 Å². The lowest BCUT2D eigenvalue weighted by atomic mass is 9.96. The first-order valence-electron chi connectivity index (χ1n) is 6.57. The van der Waals surface area contributed by atoms with Crippen molar-refractivity contribution < 1.29 is 5.32 Å². The van der Waals surface area contributed by atoms with E-state index in [1.807, 2.05) is 0 Å². The molecule has 2 heterocycles. The van der Waals surface area contributed by atoms with Crippen molar-refractivity contribution in [3.8, 4) is 0 Å². The van der Waals surface area contributed by atoms with Crippen molar-refractivity contribution in [1.82, 2.24) is 9.80 Å². The standard InChI is InChI=1S/C12H25N3/c1-14-8-3-12(4-9-14)11-15-7-2-5-13-6-10-15/h12-13H,2-11H2,1H3/p+1. The van der Waals surface area contributed by atoms with E-state index in [0.29, 0.717) is 0 Å². The number of piperidine rings is 1. The van der Waals surface area contributed by atoms with E-state index in [-0.39, 0.29) is 0 Å². The van der Waals surface area contributed by atoms with Gasteiger partial charge in [0.15, 0.2) is 0 Å². The molecule has 0 radical (unpaired) electrons. The third-order valence-electron chi connectivity index (χ3n) is 3.89. The Morgan fingerprint density at radius 2 is 1.87 bits per heavy atom. The zero-order valence-electron chi connectivity index (χ0n) is 10.1. The Balaban J connectivity index is 1.70. The summed E-state index contributed by atoms with van der Waals surface area (Å²) < 4.78 is 0. The third kappa shape index (κ3) is 3.74. The summed E-state index contributed by atoms with van der Waals surface area (Å²) in [4.78, 5) is 5.16. The zero-order valence-corrected chi connectivity index (χ0v) is 10.1. The van der Waals surface area contributed by atoms with Crippen molar-refractivity contribution in [2.45, 2.75) is 19.3 Å². The minimum absolute atomic E-state index is 0.972. The second-order valence-electron chi connectivity index (χ2n) is 5.27. The van der Waals surface area contributed by atoms with Gasteiger partial charge in [0.05, 0.1) is 13.1 Å². The molecule has 2 N–H and O–H groups in total. The van der Waals surface area contributed by atoms with Gasteiger partial charge in [0, 0.05) is 26.1 Å². The lowest BCUT2D eigenvalue weighted by Crippen LogP contribution is -2.84. The molecule has 2 aliphatic heterocycles. The molecule has 0 aliphatic carbocycles. The van der Waals surface area contributed by atoms with Crippen LogP contribution in [0.5, 0.6) is 0 Å². The first-order valence-corrected chi connectivity index (χ1v) is 6.57.